The summed E-state index contributed by atoms with van der Waals surface area (Å²) in [6, 6.07) is 3.10. The van der Waals surface area contributed by atoms with Crippen LogP contribution in [0.1, 0.15) is 25.7 Å². The Morgan fingerprint density at radius 1 is 1.36 bits per heavy atom. The van der Waals surface area contributed by atoms with Crippen LogP contribution < -0.4 is 4.72 Å². The van der Waals surface area contributed by atoms with Gasteiger partial charge in [0.15, 0.2) is 0 Å². The average molecular weight is 391 g/mol. The van der Waals surface area contributed by atoms with Crippen molar-refractivity contribution in [1.82, 2.24) is 9.62 Å². The fraction of sp³-hybridized carbons (Fsp3) is 0.562. The molecule has 9 heteroatoms. The first kappa shape index (κ1) is 18.6. The maximum atomic E-state index is 13.8. The standard InChI is InChI=1S/C16H20ClFN2O4S/c17-11-3-4-14(18)15(5-11)25(23,24)19-12-6-13(7-12)20(9-16(21)22)8-10-1-2-10/h3-5,10,12-13,19H,1-2,6-9H2,(H,21,22). The van der Waals surface area contributed by atoms with Crippen LogP contribution in [0.15, 0.2) is 23.1 Å². The lowest BCUT2D eigenvalue weighted by Crippen LogP contribution is -2.55. The Morgan fingerprint density at radius 3 is 2.64 bits per heavy atom. The molecule has 0 aliphatic heterocycles. The molecule has 25 heavy (non-hydrogen) atoms. The average Bonchev–Trinajstić information content (AvgIpc) is 3.28. The number of nitrogens with one attached hydrogen (secondary N) is 1. The maximum Gasteiger partial charge on any atom is 0.317 e. The summed E-state index contributed by atoms with van der Waals surface area (Å²) in [6.45, 7) is 0.697. The number of rotatable bonds is 8. The summed E-state index contributed by atoms with van der Waals surface area (Å²) in [4.78, 5) is 12.5. The third-order valence-electron chi connectivity index (χ3n) is 4.66. The Bertz CT molecular complexity index is 763. The molecule has 6 nitrogen and oxygen atoms in total. The van der Waals surface area contributed by atoms with Gasteiger partial charge in [-0.3, -0.25) is 9.69 Å². The number of carboxylic acids is 1. The van der Waals surface area contributed by atoms with E-state index < -0.39 is 26.7 Å². The summed E-state index contributed by atoms with van der Waals surface area (Å²) in [6.07, 6.45) is 3.27. The third kappa shape index (κ3) is 4.69. The molecule has 2 fully saturated rings. The van der Waals surface area contributed by atoms with E-state index in [1.807, 2.05) is 4.90 Å². The van der Waals surface area contributed by atoms with Crippen molar-refractivity contribution in [2.75, 3.05) is 13.1 Å². The molecule has 1 aromatic rings. The van der Waals surface area contributed by atoms with Crippen molar-refractivity contribution in [3.63, 3.8) is 0 Å². The lowest BCUT2D eigenvalue weighted by atomic mass is 9.86. The number of carbonyl (C=O) groups is 1. The van der Waals surface area contributed by atoms with Gasteiger partial charge in [0.1, 0.15) is 10.7 Å². The Balaban J connectivity index is 1.60. The number of sulfonamides is 1. The zero-order valence-corrected chi connectivity index (χ0v) is 15.1. The van der Waals surface area contributed by atoms with E-state index in [-0.39, 0.29) is 23.7 Å². The molecule has 0 aromatic heterocycles. The predicted octanol–water partition coefficient (Wildman–Crippen LogP) is 2.08. The summed E-state index contributed by atoms with van der Waals surface area (Å²) < 4.78 is 40.9. The molecule has 2 saturated carbocycles. The van der Waals surface area contributed by atoms with Crippen LogP contribution in [0.4, 0.5) is 4.39 Å². The minimum atomic E-state index is -4.00. The number of benzene rings is 1. The van der Waals surface area contributed by atoms with Gasteiger partial charge in [0, 0.05) is 23.7 Å². The topological polar surface area (TPSA) is 86.7 Å². The molecule has 0 heterocycles. The molecular weight excluding hydrogens is 371 g/mol. The highest BCUT2D eigenvalue weighted by molar-refractivity contribution is 7.89. The number of halogens is 2. The van der Waals surface area contributed by atoms with Gasteiger partial charge in [0.25, 0.3) is 0 Å². The van der Waals surface area contributed by atoms with Gasteiger partial charge >= 0.3 is 5.97 Å². The molecule has 0 atom stereocenters. The molecule has 3 rings (SSSR count). The molecule has 2 aliphatic rings. The summed E-state index contributed by atoms with van der Waals surface area (Å²) >= 11 is 5.75. The Hall–Kier alpha value is -1.22. The minimum Gasteiger partial charge on any atom is -0.480 e. The van der Waals surface area contributed by atoms with Crippen molar-refractivity contribution in [3.8, 4) is 0 Å². The largest absolute Gasteiger partial charge is 0.480 e. The van der Waals surface area contributed by atoms with Gasteiger partial charge in [0.05, 0.1) is 6.54 Å². The van der Waals surface area contributed by atoms with Gasteiger partial charge in [-0.25, -0.2) is 17.5 Å². The van der Waals surface area contributed by atoms with E-state index in [4.69, 9.17) is 16.7 Å². The highest BCUT2D eigenvalue weighted by Crippen LogP contribution is 2.34. The molecule has 2 N–H and O–H groups in total. The minimum absolute atomic E-state index is 0.0357. The van der Waals surface area contributed by atoms with E-state index in [1.54, 1.807) is 0 Å². The number of hydrogen-bond donors (Lipinski definition) is 2. The second-order valence-corrected chi connectivity index (χ2v) is 8.90. The molecule has 0 unspecified atom stereocenters. The van der Waals surface area contributed by atoms with Crippen LogP contribution in [0.25, 0.3) is 0 Å². The van der Waals surface area contributed by atoms with Crippen LogP contribution in [-0.2, 0) is 14.8 Å². The Morgan fingerprint density at radius 2 is 2.04 bits per heavy atom. The van der Waals surface area contributed by atoms with Gasteiger partial charge in [-0.1, -0.05) is 11.6 Å². The summed E-state index contributed by atoms with van der Waals surface area (Å²) in [5.41, 5.74) is 0. The molecule has 0 spiro atoms. The van der Waals surface area contributed by atoms with Gasteiger partial charge in [-0.05, 0) is 49.8 Å². The normalized spacial score (nSPS) is 23.5. The number of hydrogen-bond acceptors (Lipinski definition) is 4. The fourth-order valence-corrected chi connectivity index (χ4v) is 4.70. The van der Waals surface area contributed by atoms with Crippen molar-refractivity contribution in [2.24, 2.45) is 5.92 Å². The van der Waals surface area contributed by atoms with Gasteiger partial charge in [-0.15, -0.1) is 0 Å². The maximum absolute atomic E-state index is 13.8. The monoisotopic (exact) mass is 390 g/mol. The van der Waals surface area contributed by atoms with E-state index >= 15 is 0 Å². The predicted molar refractivity (Wildman–Crippen MR) is 90.5 cm³/mol. The van der Waals surface area contributed by atoms with Crippen LogP contribution in [0.3, 0.4) is 0 Å². The molecule has 0 radical (unpaired) electrons. The van der Waals surface area contributed by atoms with Crippen molar-refractivity contribution in [3.05, 3.63) is 29.0 Å². The highest BCUT2D eigenvalue weighted by Gasteiger charge is 2.39. The first-order valence-corrected chi connectivity index (χ1v) is 10.0. The van der Waals surface area contributed by atoms with E-state index in [2.05, 4.69) is 4.72 Å². The van der Waals surface area contributed by atoms with Crippen LogP contribution in [-0.4, -0.2) is 49.6 Å². The van der Waals surface area contributed by atoms with Gasteiger partial charge < -0.3 is 5.11 Å². The van der Waals surface area contributed by atoms with E-state index in [1.165, 1.54) is 6.07 Å². The number of aliphatic carboxylic acids is 1. The van der Waals surface area contributed by atoms with Crippen molar-refractivity contribution in [2.45, 2.75) is 42.7 Å². The number of carboxylic acid groups (broad SMARTS) is 1. The fourth-order valence-electron chi connectivity index (χ4n) is 3.10. The van der Waals surface area contributed by atoms with Crippen LogP contribution >= 0.6 is 11.6 Å². The number of nitrogens with zero attached hydrogens (tertiary/aromatic N) is 1. The highest BCUT2D eigenvalue weighted by atomic mass is 35.5. The second kappa shape index (κ2) is 7.19. The molecule has 0 saturated heterocycles. The summed E-state index contributed by atoms with van der Waals surface area (Å²) in [7, 11) is -4.00. The second-order valence-electron chi connectivity index (χ2n) is 6.78. The van der Waals surface area contributed by atoms with Gasteiger partial charge in [0.2, 0.25) is 10.0 Å². The molecular formula is C16H20ClFN2O4S. The summed E-state index contributed by atoms with van der Waals surface area (Å²) in [5, 5.41) is 9.18. The lowest BCUT2D eigenvalue weighted by Gasteiger charge is -2.42. The molecule has 2 aliphatic carbocycles. The van der Waals surface area contributed by atoms with E-state index in [0.717, 1.165) is 31.5 Å². The molecule has 0 bridgehead atoms. The van der Waals surface area contributed by atoms with Crippen molar-refractivity contribution >= 4 is 27.6 Å². The third-order valence-corrected chi connectivity index (χ3v) is 6.43. The molecule has 1 aromatic carbocycles. The molecule has 138 valence electrons. The van der Waals surface area contributed by atoms with Crippen LogP contribution in [0.5, 0.6) is 0 Å². The van der Waals surface area contributed by atoms with Crippen molar-refractivity contribution in [1.29, 1.82) is 0 Å². The van der Waals surface area contributed by atoms with Crippen LogP contribution in [0.2, 0.25) is 5.02 Å². The van der Waals surface area contributed by atoms with Gasteiger partial charge in [-0.2, -0.15) is 0 Å². The smallest absolute Gasteiger partial charge is 0.317 e. The van der Waals surface area contributed by atoms with E-state index in [0.29, 0.717) is 18.8 Å². The SMILES string of the molecule is O=C(O)CN(CC1CC1)C1CC(NS(=O)(=O)c2cc(Cl)ccc2F)C1. The van der Waals surface area contributed by atoms with E-state index in [9.17, 15) is 17.6 Å². The van der Waals surface area contributed by atoms with Crippen LogP contribution in [0, 0.1) is 11.7 Å². The zero-order valence-electron chi connectivity index (χ0n) is 13.5. The Labute approximate surface area is 151 Å². The quantitative estimate of drug-likeness (QED) is 0.709. The van der Waals surface area contributed by atoms with Crippen molar-refractivity contribution < 1.29 is 22.7 Å². The lowest BCUT2D eigenvalue weighted by molar-refractivity contribution is -0.139. The summed E-state index contributed by atoms with van der Waals surface area (Å²) in [5.74, 6) is -1.18. The first-order valence-electron chi connectivity index (χ1n) is 8.18. The first-order chi connectivity index (χ1) is 11.7. The molecule has 0 amide bonds. The Kier molecular flexibility index (Phi) is 5.34. The zero-order chi connectivity index (χ0) is 18.2.